The number of nitrogens with zero attached hydrogens (tertiary/aromatic N) is 3. The molecular weight excluding hydrogens is 364 g/mol. The molecule has 0 saturated heterocycles. The van der Waals surface area contributed by atoms with E-state index >= 15 is 0 Å². The molecule has 0 atom stereocenters. The molecular formula is C23H14N4O2. The average molecular weight is 378 g/mol. The van der Waals surface area contributed by atoms with Gasteiger partial charge in [0.2, 0.25) is 5.95 Å². The number of carbonyl (C=O) groups excluding carboxylic acids is 2. The van der Waals surface area contributed by atoms with Gasteiger partial charge in [-0.25, -0.2) is 9.97 Å². The van der Waals surface area contributed by atoms with Crippen LogP contribution in [0.3, 0.4) is 0 Å². The third-order valence-electron chi connectivity index (χ3n) is 4.80. The Bertz CT molecular complexity index is 1270. The molecule has 0 aliphatic heterocycles. The van der Waals surface area contributed by atoms with Crippen LogP contribution in [0.5, 0.6) is 0 Å². The molecule has 1 aliphatic carbocycles. The van der Waals surface area contributed by atoms with E-state index in [1.54, 1.807) is 42.5 Å². The Labute approximate surface area is 166 Å². The second-order valence-electron chi connectivity index (χ2n) is 6.56. The smallest absolute Gasteiger partial charge is 0.230 e. The molecule has 1 aliphatic rings. The van der Waals surface area contributed by atoms with Gasteiger partial charge in [0.25, 0.3) is 0 Å². The predicted molar refractivity (Wildman–Crippen MR) is 108 cm³/mol. The molecule has 0 bridgehead atoms. The van der Waals surface area contributed by atoms with Gasteiger partial charge in [-0.1, -0.05) is 60.7 Å². The molecule has 6 heteroatoms. The molecule has 3 aromatic carbocycles. The van der Waals surface area contributed by atoms with Crippen LogP contribution in [0, 0.1) is 0 Å². The van der Waals surface area contributed by atoms with Gasteiger partial charge in [-0.15, -0.1) is 0 Å². The van der Waals surface area contributed by atoms with E-state index in [1.807, 2.05) is 30.3 Å². The van der Waals surface area contributed by atoms with Crippen LogP contribution in [0.1, 0.15) is 31.8 Å². The van der Waals surface area contributed by atoms with Gasteiger partial charge in [0.1, 0.15) is 6.33 Å². The maximum absolute atomic E-state index is 13.2. The second kappa shape index (κ2) is 6.76. The van der Waals surface area contributed by atoms with Crippen molar-refractivity contribution in [3.8, 4) is 11.4 Å². The molecule has 0 saturated carbocycles. The maximum atomic E-state index is 13.2. The number of anilines is 2. The number of fused-ring (bicyclic) bond motifs is 2. The van der Waals surface area contributed by atoms with Gasteiger partial charge in [0.05, 0.1) is 0 Å². The highest BCUT2D eigenvalue weighted by Gasteiger charge is 2.32. The van der Waals surface area contributed by atoms with Crippen molar-refractivity contribution in [2.45, 2.75) is 0 Å². The Kier molecular flexibility index (Phi) is 3.95. The van der Waals surface area contributed by atoms with Crippen LogP contribution < -0.4 is 5.32 Å². The summed E-state index contributed by atoms with van der Waals surface area (Å²) < 4.78 is 0. The number of aromatic nitrogens is 3. The van der Waals surface area contributed by atoms with Crippen molar-refractivity contribution in [2.75, 3.05) is 5.32 Å². The Morgan fingerprint density at radius 3 is 2.07 bits per heavy atom. The third kappa shape index (κ3) is 2.87. The molecule has 29 heavy (non-hydrogen) atoms. The van der Waals surface area contributed by atoms with E-state index in [1.165, 1.54) is 6.33 Å². The number of para-hydroxylation sites is 1. The van der Waals surface area contributed by atoms with Crippen molar-refractivity contribution < 1.29 is 9.59 Å². The van der Waals surface area contributed by atoms with Gasteiger partial charge in [-0.3, -0.25) is 9.59 Å². The zero-order chi connectivity index (χ0) is 19.8. The Morgan fingerprint density at radius 2 is 1.28 bits per heavy atom. The van der Waals surface area contributed by atoms with E-state index in [9.17, 15) is 9.59 Å². The van der Waals surface area contributed by atoms with Crippen molar-refractivity contribution in [1.29, 1.82) is 0 Å². The van der Waals surface area contributed by atoms with Crippen LogP contribution in [-0.2, 0) is 0 Å². The molecule has 0 radical (unpaired) electrons. The van der Waals surface area contributed by atoms with Crippen LogP contribution in [0.2, 0.25) is 0 Å². The van der Waals surface area contributed by atoms with Crippen molar-refractivity contribution in [3.05, 3.63) is 101 Å². The molecule has 0 amide bonds. The van der Waals surface area contributed by atoms with Gasteiger partial charge < -0.3 is 5.32 Å². The summed E-state index contributed by atoms with van der Waals surface area (Å²) in [5.41, 5.74) is 2.85. The largest absolute Gasteiger partial charge is 0.324 e. The number of hydrogen-bond acceptors (Lipinski definition) is 6. The van der Waals surface area contributed by atoms with Gasteiger partial charge in [-0.2, -0.15) is 4.98 Å². The summed E-state index contributed by atoms with van der Waals surface area (Å²) in [6, 6.07) is 21.5. The van der Waals surface area contributed by atoms with Gasteiger partial charge in [0.15, 0.2) is 17.4 Å². The number of benzene rings is 3. The van der Waals surface area contributed by atoms with E-state index in [0.29, 0.717) is 39.6 Å². The minimum Gasteiger partial charge on any atom is -0.324 e. The number of nitrogens with one attached hydrogen (secondary N) is 1. The quantitative estimate of drug-likeness (QED) is 0.510. The van der Waals surface area contributed by atoms with E-state index in [4.69, 9.17) is 0 Å². The zero-order valence-corrected chi connectivity index (χ0v) is 15.2. The summed E-state index contributed by atoms with van der Waals surface area (Å²) >= 11 is 0. The first-order valence-corrected chi connectivity index (χ1v) is 9.05. The highest BCUT2D eigenvalue weighted by Crippen LogP contribution is 2.33. The Balaban J connectivity index is 1.61. The molecule has 0 unspecified atom stereocenters. The molecule has 4 aromatic rings. The minimum absolute atomic E-state index is 0.172. The van der Waals surface area contributed by atoms with Gasteiger partial charge in [0, 0.05) is 33.5 Å². The fraction of sp³-hybridized carbons (Fsp3) is 0. The van der Waals surface area contributed by atoms with Crippen molar-refractivity contribution in [1.82, 2.24) is 15.0 Å². The van der Waals surface area contributed by atoms with Crippen LogP contribution in [-0.4, -0.2) is 26.5 Å². The van der Waals surface area contributed by atoms with Crippen LogP contribution in [0.4, 0.5) is 11.6 Å². The first kappa shape index (κ1) is 16.9. The summed E-state index contributed by atoms with van der Waals surface area (Å²) in [4.78, 5) is 39.0. The summed E-state index contributed by atoms with van der Waals surface area (Å²) in [6.07, 6.45) is 1.38. The molecule has 1 N–H and O–H groups in total. The lowest BCUT2D eigenvalue weighted by molar-refractivity contribution is 0.0979. The zero-order valence-electron chi connectivity index (χ0n) is 15.2. The SMILES string of the molecule is O=C1c2ccccc2C(=O)c2c1cccc2-c1ncnc(Nc2ccccc2)n1. The molecule has 138 valence electrons. The molecule has 5 rings (SSSR count). The second-order valence-corrected chi connectivity index (χ2v) is 6.56. The highest BCUT2D eigenvalue weighted by atomic mass is 16.1. The minimum atomic E-state index is -0.205. The molecule has 1 heterocycles. The third-order valence-corrected chi connectivity index (χ3v) is 4.80. The van der Waals surface area contributed by atoms with Gasteiger partial charge >= 0.3 is 0 Å². The predicted octanol–water partition coefficient (Wildman–Crippen LogP) is 4.06. The van der Waals surface area contributed by atoms with E-state index < -0.39 is 0 Å². The van der Waals surface area contributed by atoms with E-state index in [2.05, 4.69) is 20.3 Å². The molecule has 6 nitrogen and oxygen atoms in total. The molecule has 0 spiro atoms. The summed E-state index contributed by atoms with van der Waals surface area (Å²) in [6.45, 7) is 0. The van der Waals surface area contributed by atoms with E-state index in [-0.39, 0.29) is 11.6 Å². The number of carbonyl (C=O) groups is 2. The molecule has 0 fully saturated rings. The van der Waals surface area contributed by atoms with Crippen LogP contribution >= 0.6 is 0 Å². The summed E-state index contributed by atoms with van der Waals surface area (Å²) in [5, 5.41) is 3.12. The standard InChI is InChI=1S/C23H14N4O2/c28-20-15-9-4-5-10-16(15)21(29)19-17(20)11-6-12-18(19)22-24-13-25-23(27-22)26-14-7-2-1-3-8-14/h1-13H,(H,24,25,26,27). The van der Waals surface area contributed by atoms with Crippen molar-refractivity contribution in [2.24, 2.45) is 0 Å². The Morgan fingerprint density at radius 1 is 0.621 bits per heavy atom. The Hall–Kier alpha value is -4.19. The van der Waals surface area contributed by atoms with Crippen molar-refractivity contribution >= 4 is 23.2 Å². The van der Waals surface area contributed by atoms with Crippen molar-refractivity contribution in [3.63, 3.8) is 0 Å². The fourth-order valence-corrected chi connectivity index (χ4v) is 3.47. The highest BCUT2D eigenvalue weighted by molar-refractivity contribution is 6.30. The number of hydrogen-bond donors (Lipinski definition) is 1. The number of ketones is 2. The van der Waals surface area contributed by atoms with Crippen LogP contribution in [0.25, 0.3) is 11.4 Å². The average Bonchev–Trinajstić information content (AvgIpc) is 2.78. The lowest BCUT2D eigenvalue weighted by atomic mass is 9.82. The summed E-state index contributed by atoms with van der Waals surface area (Å²) in [5.74, 6) is 0.308. The van der Waals surface area contributed by atoms with Crippen LogP contribution in [0.15, 0.2) is 79.1 Å². The lowest BCUT2D eigenvalue weighted by Crippen LogP contribution is -2.22. The molecule has 1 aromatic heterocycles. The maximum Gasteiger partial charge on any atom is 0.230 e. The normalized spacial score (nSPS) is 12.3. The lowest BCUT2D eigenvalue weighted by Gasteiger charge is -2.19. The fourth-order valence-electron chi connectivity index (χ4n) is 3.47. The summed E-state index contributed by atoms with van der Waals surface area (Å²) in [7, 11) is 0. The number of rotatable bonds is 3. The first-order valence-electron chi connectivity index (χ1n) is 9.05. The van der Waals surface area contributed by atoms with Gasteiger partial charge in [-0.05, 0) is 12.1 Å². The first-order chi connectivity index (χ1) is 14.2. The topological polar surface area (TPSA) is 84.8 Å². The van der Waals surface area contributed by atoms with E-state index in [0.717, 1.165) is 5.69 Å². The monoisotopic (exact) mass is 378 g/mol.